The number of esters is 3. The molecule has 0 fully saturated rings. The summed E-state index contributed by atoms with van der Waals surface area (Å²) in [6.45, 7) is 6.56. The Hall–Kier alpha value is -2.63. The average Bonchev–Trinajstić information content (AvgIpc) is 3.35. The second-order valence-electron chi connectivity index (χ2n) is 20.2. The third kappa shape index (κ3) is 56.2. The molecule has 1 unspecified atom stereocenters. The van der Waals surface area contributed by atoms with Gasteiger partial charge in [0.05, 0.1) is 0 Å². The summed E-state index contributed by atoms with van der Waals surface area (Å²) in [5, 5.41) is 0. The summed E-state index contributed by atoms with van der Waals surface area (Å²) in [5.74, 6) is -0.877. The van der Waals surface area contributed by atoms with E-state index >= 15 is 0 Å². The van der Waals surface area contributed by atoms with Crippen molar-refractivity contribution in [2.24, 2.45) is 0 Å². The van der Waals surface area contributed by atoms with Crippen LogP contribution in [0.3, 0.4) is 0 Å². The van der Waals surface area contributed by atoms with E-state index in [1.54, 1.807) is 0 Å². The van der Waals surface area contributed by atoms with E-state index in [9.17, 15) is 14.4 Å². The van der Waals surface area contributed by atoms with E-state index in [4.69, 9.17) is 14.2 Å². The van der Waals surface area contributed by atoms with E-state index in [1.807, 2.05) is 0 Å². The number of carbonyl (C=O) groups excluding carboxylic acids is 3. The van der Waals surface area contributed by atoms with Gasteiger partial charge in [-0.1, -0.05) is 268 Å². The molecule has 0 bridgehead atoms. The lowest BCUT2D eigenvalue weighted by Gasteiger charge is -2.18. The van der Waals surface area contributed by atoms with E-state index in [1.165, 1.54) is 186 Å². The lowest BCUT2D eigenvalue weighted by Crippen LogP contribution is -2.30. The minimum atomic E-state index is -0.780. The second-order valence-corrected chi connectivity index (χ2v) is 20.2. The molecule has 6 heteroatoms. The highest BCUT2D eigenvalue weighted by molar-refractivity contribution is 5.71. The van der Waals surface area contributed by atoms with Gasteiger partial charge in [0.25, 0.3) is 0 Å². The Kier molecular flexibility index (Phi) is 55.7. The number of hydrogen-bond acceptors (Lipinski definition) is 6. The molecule has 0 amide bonds. The quantitative estimate of drug-likeness (QED) is 0.0262. The van der Waals surface area contributed by atoms with Crippen molar-refractivity contribution in [1.29, 1.82) is 0 Å². The Morgan fingerprint density at radius 2 is 0.565 bits per heavy atom. The van der Waals surface area contributed by atoms with Gasteiger partial charge in [0, 0.05) is 19.3 Å². The average molecular weight is 968 g/mol. The molecule has 1 atom stereocenters. The van der Waals surface area contributed by atoms with Crippen LogP contribution in [0.5, 0.6) is 0 Å². The Morgan fingerprint density at radius 1 is 0.304 bits per heavy atom. The maximum Gasteiger partial charge on any atom is 0.306 e. The smallest absolute Gasteiger partial charge is 0.306 e. The summed E-state index contributed by atoms with van der Waals surface area (Å²) in [7, 11) is 0. The molecule has 69 heavy (non-hydrogen) atoms. The molecule has 0 aromatic carbocycles. The summed E-state index contributed by atoms with van der Waals surface area (Å²) in [6, 6.07) is 0. The van der Waals surface area contributed by atoms with Gasteiger partial charge < -0.3 is 14.2 Å². The molecule has 0 aliphatic rings. The molecule has 0 heterocycles. The fourth-order valence-electron chi connectivity index (χ4n) is 8.81. The first-order chi connectivity index (χ1) is 34.0. The van der Waals surface area contributed by atoms with Crippen molar-refractivity contribution in [2.75, 3.05) is 13.2 Å². The lowest BCUT2D eigenvalue weighted by atomic mass is 10.0. The molecule has 0 radical (unpaired) electrons. The largest absolute Gasteiger partial charge is 0.462 e. The first kappa shape index (κ1) is 66.4. The Bertz CT molecular complexity index is 1200. The summed E-state index contributed by atoms with van der Waals surface area (Å²) in [4.78, 5) is 38.2. The minimum absolute atomic E-state index is 0.0765. The summed E-state index contributed by atoms with van der Waals surface area (Å²) < 4.78 is 16.9. The monoisotopic (exact) mass is 967 g/mol. The van der Waals surface area contributed by atoms with Crippen LogP contribution in [0.2, 0.25) is 0 Å². The number of allylic oxidation sites excluding steroid dienone is 8. The minimum Gasteiger partial charge on any atom is -0.462 e. The van der Waals surface area contributed by atoms with Crippen LogP contribution < -0.4 is 0 Å². The van der Waals surface area contributed by atoms with E-state index in [0.717, 1.165) is 89.9 Å². The molecule has 0 spiro atoms. The van der Waals surface area contributed by atoms with Gasteiger partial charge in [0.1, 0.15) is 13.2 Å². The molecule has 0 rings (SSSR count). The maximum atomic E-state index is 12.9. The van der Waals surface area contributed by atoms with Crippen LogP contribution in [0.25, 0.3) is 0 Å². The molecule has 0 aromatic rings. The number of unbranched alkanes of at least 4 members (excludes halogenated alkanes) is 36. The third-order valence-corrected chi connectivity index (χ3v) is 13.3. The van der Waals surface area contributed by atoms with Crippen molar-refractivity contribution in [3.05, 3.63) is 48.6 Å². The number of ether oxygens (including phenoxy) is 3. The van der Waals surface area contributed by atoms with Crippen LogP contribution in [-0.4, -0.2) is 37.2 Å². The van der Waals surface area contributed by atoms with Crippen molar-refractivity contribution < 1.29 is 28.6 Å². The highest BCUT2D eigenvalue weighted by Crippen LogP contribution is 2.17. The molecule has 0 saturated heterocycles. The summed E-state index contributed by atoms with van der Waals surface area (Å²) >= 11 is 0. The van der Waals surface area contributed by atoms with E-state index < -0.39 is 6.10 Å². The van der Waals surface area contributed by atoms with Gasteiger partial charge in [0.15, 0.2) is 6.10 Å². The van der Waals surface area contributed by atoms with E-state index in [0.29, 0.717) is 19.3 Å². The number of carbonyl (C=O) groups is 3. The topological polar surface area (TPSA) is 78.9 Å². The van der Waals surface area contributed by atoms with Gasteiger partial charge in [-0.3, -0.25) is 14.4 Å². The third-order valence-electron chi connectivity index (χ3n) is 13.3. The van der Waals surface area contributed by atoms with Crippen LogP contribution in [-0.2, 0) is 28.6 Å². The van der Waals surface area contributed by atoms with Crippen molar-refractivity contribution in [2.45, 2.75) is 322 Å². The predicted octanol–water partition coefficient (Wildman–Crippen LogP) is 20.2. The predicted molar refractivity (Wildman–Crippen MR) is 298 cm³/mol. The molecule has 0 aliphatic heterocycles. The number of hydrogen-bond donors (Lipinski definition) is 0. The maximum absolute atomic E-state index is 12.9. The van der Waals surface area contributed by atoms with Crippen molar-refractivity contribution in [3.63, 3.8) is 0 Å². The fraction of sp³-hybridized carbons (Fsp3) is 0.825. The van der Waals surface area contributed by atoms with Gasteiger partial charge in [-0.2, -0.15) is 0 Å². The van der Waals surface area contributed by atoms with Crippen LogP contribution in [0.4, 0.5) is 0 Å². The van der Waals surface area contributed by atoms with Gasteiger partial charge in [-0.25, -0.2) is 0 Å². The molecular weight excluding hydrogens is 853 g/mol. The molecule has 0 aromatic heterocycles. The molecule has 0 aliphatic carbocycles. The highest BCUT2D eigenvalue weighted by Gasteiger charge is 2.19. The Morgan fingerprint density at radius 3 is 0.899 bits per heavy atom. The molecule has 0 saturated carbocycles. The summed E-state index contributed by atoms with van der Waals surface area (Å²) in [5.41, 5.74) is 0. The van der Waals surface area contributed by atoms with E-state index in [-0.39, 0.29) is 31.1 Å². The highest BCUT2D eigenvalue weighted by atomic mass is 16.6. The van der Waals surface area contributed by atoms with Crippen LogP contribution >= 0.6 is 0 Å². The van der Waals surface area contributed by atoms with E-state index in [2.05, 4.69) is 69.4 Å². The van der Waals surface area contributed by atoms with Gasteiger partial charge in [-0.05, 0) is 77.0 Å². The van der Waals surface area contributed by atoms with Crippen LogP contribution in [0, 0.1) is 0 Å². The second kappa shape index (κ2) is 57.9. The lowest BCUT2D eigenvalue weighted by molar-refractivity contribution is -0.167. The van der Waals surface area contributed by atoms with Gasteiger partial charge in [-0.15, -0.1) is 0 Å². The summed E-state index contributed by atoms with van der Waals surface area (Å²) in [6.07, 6.45) is 71.0. The zero-order chi connectivity index (χ0) is 50.0. The van der Waals surface area contributed by atoms with Crippen molar-refractivity contribution in [1.82, 2.24) is 0 Å². The zero-order valence-corrected chi connectivity index (χ0v) is 46.1. The van der Waals surface area contributed by atoms with Gasteiger partial charge >= 0.3 is 17.9 Å². The van der Waals surface area contributed by atoms with Crippen LogP contribution in [0.15, 0.2) is 48.6 Å². The number of rotatable bonds is 55. The fourth-order valence-corrected chi connectivity index (χ4v) is 8.81. The first-order valence-electron chi connectivity index (χ1n) is 30.1. The molecular formula is C63H114O6. The van der Waals surface area contributed by atoms with Crippen molar-refractivity contribution in [3.8, 4) is 0 Å². The molecule has 0 N–H and O–H groups in total. The Balaban J connectivity index is 4.36. The zero-order valence-electron chi connectivity index (χ0n) is 46.1. The molecule has 402 valence electrons. The van der Waals surface area contributed by atoms with Crippen molar-refractivity contribution >= 4 is 17.9 Å². The first-order valence-corrected chi connectivity index (χ1v) is 30.1. The van der Waals surface area contributed by atoms with Gasteiger partial charge in [0.2, 0.25) is 0 Å². The SMILES string of the molecule is CC/C=C\C/C=C\C/C=C\CCCCCCCCCC(=O)OC(COC(=O)CCCCCCC/C=C\CCCCCCCCC)COC(=O)CCCCCCCCCCCCCCCCCCCC. The molecule has 6 nitrogen and oxygen atoms in total. The van der Waals surface area contributed by atoms with Crippen LogP contribution in [0.1, 0.15) is 316 Å². The Labute approximate surface area is 428 Å². The normalized spacial score (nSPS) is 12.3. The standard InChI is InChI=1S/C63H114O6/c1-4-7-10-13-16-19-22-25-28-31-33-35-38-41-44-47-50-53-56-62(65)68-59-60(58-67-61(64)55-52-49-46-43-40-37-34-30-27-24-21-18-15-12-9-6-3)69-63(66)57-54-51-48-45-42-39-36-32-29-26-23-20-17-14-11-8-5-2/h8,11,17,20,26,29-30,34,60H,4-7,9-10,12-16,18-19,21-25,27-28,31-33,35-59H2,1-3H3/b11-8-,20-17-,29-26-,34-30-.